The minimum atomic E-state index is -3.37. The van der Waals surface area contributed by atoms with E-state index in [0.717, 1.165) is 11.3 Å². The molecule has 1 aromatic carbocycles. The lowest BCUT2D eigenvalue weighted by atomic mass is 10.3. The lowest BCUT2D eigenvalue weighted by molar-refractivity contribution is 0.564. The van der Waals surface area contributed by atoms with Gasteiger partial charge in [-0.2, -0.15) is 0 Å². The topological polar surface area (TPSA) is 71.3 Å². The molecule has 2 rings (SSSR count). The van der Waals surface area contributed by atoms with Crippen molar-refractivity contribution in [3.63, 3.8) is 0 Å². The smallest absolute Gasteiger partial charge is 0.240 e. The first kappa shape index (κ1) is 12.7. The molecule has 96 valence electrons. The summed E-state index contributed by atoms with van der Waals surface area (Å²) in [4.78, 5) is 0.249. The van der Waals surface area contributed by atoms with E-state index in [2.05, 4.69) is 10.0 Å². The van der Waals surface area contributed by atoms with Gasteiger partial charge in [-0.05, 0) is 37.4 Å². The van der Waals surface area contributed by atoms with Crippen LogP contribution in [0, 0.1) is 0 Å². The number of hydrogen-bond donors (Lipinski definition) is 2. The van der Waals surface area contributed by atoms with Crippen LogP contribution < -0.4 is 10.0 Å². The van der Waals surface area contributed by atoms with Gasteiger partial charge in [0, 0.05) is 17.8 Å². The second-order valence-corrected chi connectivity index (χ2v) is 5.60. The molecule has 0 spiro atoms. The molecule has 1 heterocycles. The van der Waals surface area contributed by atoms with Crippen molar-refractivity contribution in [1.29, 1.82) is 0 Å². The second-order valence-electron chi connectivity index (χ2n) is 3.72. The minimum Gasteiger partial charge on any atom is -0.472 e. The maximum absolute atomic E-state index is 11.5. The van der Waals surface area contributed by atoms with E-state index in [9.17, 15) is 8.42 Å². The van der Waals surface area contributed by atoms with Gasteiger partial charge < -0.3 is 9.73 Å². The Kier molecular flexibility index (Phi) is 3.69. The summed E-state index contributed by atoms with van der Waals surface area (Å²) in [6.07, 6.45) is 3.27. The SMILES string of the molecule is CNS(=O)(=O)c1ccc(NCc2ccoc2)cc1. The Bertz CT molecular complexity index is 589. The Morgan fingerprint density at radius 1 is 1.17 bits per heavy atom. The standard InChI is InChI=1S/C12H14N2O3S/c1-13-18(15,16)12-4-2-11(3-5-12)14-8-10-6-7-17-9-10/h2-7,9,13-14H,8H2,1H3. The number of nitrogens with one attached hydrogen (secondary N) is 2. The molecule has 0 amide bonds. The molecule has 2 aromatic rings. The van der Waals surface area contributed by atoms with E-state index in [1.54, 1.807) is 36.8 Å². The highest BCUT2D eigenvalue weighted by Gasteiger charge is 2.10. The van der Waals surface area contributed by atoms with Gasteiger partial charge in [-0.25, -0.2) is 13.1 Å². The molecule has 0 saturated heterocycles. The van der Waals surface area contributed by atoms with Gasteiger partial charge in [0.2, 0.25) is 10.0 Å². The fraction of sp³-hybridized carbons (Fsp3) is 0.167. The third kappa shape index (κ3) is 2.91. The number of hydrogen-bond acceptors (Lipinski definition) is 4. The first-order valence-corrected chi connectivity index (χ1v) is 6.89. The third-order valence-electron chi connectivity index (χ3n) is 2.51. The van der Waals surface area contributed by atoms with E-state index < -0.39 is 10.0 Å². The molecular weight excluding hydrogens is 252 g/mol. The fourth-order valence-corrected chi connectivity index (χ4v) is 2.20. The van der Waals surface area contributed by atoms with Crippen LogP contribution in [-0.2, 0) is 16.6 Å². The average molecular weight is 266 g/mol. The number of benzene rings is 1. The van der Waals surface area contributed by atoms with Crippen LogP contribution in [0.4, 0.5) is 5.69 Å². The molecule has 0 aliphatic rings. The van der Waals surface area contributed by atoms with E-state index >= 15 is 0 Å². The van der Waals surface area contributed by atoms with Gasteiger partial charge in [0.1, 0.15) is 0 Å². The normalized spacial score (nSPS) is 11.4. The number of anilines is 1. The van der Waals surface area contributed by atoms with E-state index in [1.165, 1.54) is 7.05 Å². The van der Waals surface area contributed by atoms with E-state index in [-0.39, 0.29) is 4.90 Å². The molecule has 2 N–H and O–H groups in total. The zero-order valence-corrected chi connectivity index (χ0v) is 10.7. The first-order chi connectivity index (χ1) is 8.62. The van der Waals surface area contributed by atoms with Crippen LogP contribution in [0.5, 0.6) is 0 Å². The number of sulfonamides is 1. The van der Waals surface area contributed by atoms with Crippen LogP contribution >= 0.6 is 0 Å². The highest BCUT2D eigenvalue weighted by atomic mass is 32.2. The summed E-state index contributed by atoms with van der Waals surface area (Å²) in [6.45, 7) is 0.634. The summed E-state index contributed by atoms with van der Waals surface area (Å²) in [6, 6.07) is 8.44. The Hall–Kier alpha value is -1.79. The largest absolute Gasteiger partial charge is 0.472 e. The molecule has 0 aliphatic heterocycles. The zero-order chi connectivity index (χ0) is 13.0. The van der Waals surface area contributed by atoms with Crippen molar-refractivity contribution in [2.75, 3.05) is 12.4 Å². The Balaban J connectivity index is 2.04. The number of furan rings is 1. The van der Waals surface area contributed by atoms with Crippen LogP contribution in [0.2, 0.25) is 0 Å². The Morgan fingerprint density at radius 2 is 1.89 bits per heavy atom. The molecule has 0 bridgehead atoms. The Morgan fingerprint density at radius 3 is 2.44 bits per heavy atom. The predicted octanol–water partition coefficient (Wildman–Crippen LogP) is 1.80. The van der Waals surface area contributed by atoms with Crippen molar-refractivity contribution in [3.05, 3.63) is 48.4 Å². The first-order valence-electron chi connectivity index (χ1n) is 5.40. The van der Waals surface area contributed by atoms with Crippen molar-refractivity contribution in [1.82, 2.24) is 4.72 Å². The van der Waals surface area contributed by atoms with Gasteiger partial charge in [0.15, 0.2) is 0 Å². The Labute approximate surface area is 106 Å². The van der Waals surface area contributed by atoms with Crippen molar-refractivity contribution >= 4 is 15.7 Å². The lowest BCUT2D eigenvalue weighted by Crippen LogP contribution is -2.18. The third-order valence-corrected chi connectivity index (χ3v) is 3.94. The zero-order valence-electron chi connectivity index (χ0n) is 9.88. The molecule has 0 saturated carbocycles. The van der Waals surface area contributed by atoms with Crippen LogP contribution in [0.3, 0.4) is 0 Å². The maximum atomic E-state index is 11.5. The van der Waals surface area contributed by atoms with Gasteiger partial charge in [-0.3, -0.25) is 0 Å². The van der Waals surface area contributed by atoms with Crippen LogP contribution in [0.15, 0.2) is 52.2 Å². The number of rotatable bonds is 5. The summed E-state index contributed by atoms with van der Waals surface area (Å²) >= 11 is 0. The molecule has 5 nitrogen and oxygen atoms in total. The molecule has 0 unspecified atom stereocenters. The monoisotopic (exact) mass is 266 g/mol. The fourth-order valence-electron chi connectivity index (χ4n) is 1.47. The average Bonchev–Trinajstić information content (AvgIpc) is 2.90. The molecule has 1 aromatic heterocycles. The van der Waals surface area contributed by atoms with Gasteiger partial charge in [0.05, 0.1) is 17.4 Å². The molecule has 0 aliphatic carbocycles. The second kappa shape index (κ2) is 5.24. The summed E-state index contributed by atoms with van der Waals surface area (Å²) in [5.41, 5.74) is 1.88. The lowest BCUT2D eigenvalue weighted by Gasteiger charge is -2.06. The van der Waals surface area contributed by atoms with Crippen LogP contribution in [0.25, 0.3) is 0 Å². The maximum Gasteiger partial charge on any atom is 0.240 e. The van der Waals surface area contributed by atoms with Crippen molar-refractivity contribution < 1.29 is 12.8 Å². The van der Waals surface area contributed by atoms with Gasteiger partial charge >= 0.3 is 0 Å². The summed E-state index contributed by atoms with van der Waals surface area (Å²) < 4.78 is 30.3. The summed E-state index contributed by atoms with van der Waals surface area (Å²) in [5, 5.41) is 3.17. The molecule has 0 radical (unpaired) electrons. The van der Waals surface area contributed by atoms with E-state index in [0.29, 0.717) is 6.54 Å². The molecule has 0 atom stereocenters. The van der Waals surface area contributed by atoms with E-state index in [4.69, 9.17) is 4.42 Å². The highest BCUT2D eigenvalue weighted by molar-refractivity contribution is 7.89. The molecular formula is C12H14N2O3S. The van der Waals surface area contributed by atoms with Crippen LogP contribution in [-0.4, -0.2) is 15.5 Å². The van der Waals surface area contributed by atoms with Crippen LogP contribution in [0.1, 0.15) is 5.56 Å². The van der Waals surface area contributed by atoms with Gasteiger partial charge in [-0.1, -0.05) is 0 Å². The molecule has 6 heteroatoms. The van der Waals surface area contributed by atoms with Gasteiger partial charge in [-0.15, -0.1) is 0 Å². The predicted molar refractivity (Wildman–Crippen MR) is 68.7 cm³/mol. The van der Waals surface area contributed by atoms with Crippen molar-refractivity contribution in [2.24, 2.45) is 0 Å². The van der Waals surface area contributed by atoms with Crippen molar-refractivity contribution in [2.45, 2.75) is 11.4 Å². The minimum absolute atomic E-state index is 0.249. The summed E-state index contributed by atoms with van der Waals surface area (Å²) in [5.74, 6) is 0. The quantitative estimate of drug-likeness (QED) is 0.865. The molecule has 18 heavy (non-hydrogen) atoms. The highest BCUT2D eigenvalue weighted by Crippen LogP contribution is 2.14. The van der Waals surface area contributed by atoms with Crippen molar-refractivity contribution in [3.8, 4) is 0 Å². The summed E-state index contributed by atoms with van der Waals surface area (Å²) in [7, 11) is -1.98. The molecule has 0 fully saturated rings. The van der Waals surface area contributed by atoms with Gasteiger partial charge in [0.25, 0.3) is 0 Å². The van der Waals surface area contributed by atoms with E-state index in [1.807, 2.05) is 6.07 Å².